The lowest BCUT2D eigenvalue weighted by Crippen LogP contribution is -2.25. The van der Waals surface area contributed by atoms with Gasteiger partial charge >= 0.3 is 0 Å². The zero-order valence-electron chi connectivity index (χ0n) is 11.4. The van der Waals surface area contributed by atoms with Crippen LogP contribution in [0, 0.1) is 19.8 Å². The summed E-state index contributed by atoms with van der Waals surface area (Å²) in [4.78, 5) is 11.9. The second-order valence-electron chi connectivity index (χ2n) is 4.34. The second-order valence-corrected chi connectivity index (χ2v) is 4.34. The average Bonchev–Trinajstić information content (AvgIpc) is 2.37. The highest BCUT2D eigenvalue weighted by atomic mass is 16.5. The summed E-state index contributed by atoms with van der Waals surface area (Å²) in [6.07, 6.45) is 0.622. The Morgan fingerprint density at radius 2 is 2.06 bits per heavy atom. The van der Waals surface area contributed by atoms with E-state index in [0.29, 0.717) is 6.42 Å². The first-order valence-corrected chi connectivity index (χ1v) is 6.11. The highest BCUT2D eigenvalue weighted by molar-refractivity contribution is 5.93. The number of ether oxygens (including phenoxy) is 1. The molecule has 1 aromatic rings. The Morgan fingerprint density at radius 1 is 1.39 bits per heavy atom. The predicted octanol–water partition coefficient (Wildman–Crippen LogP) is 2.27. The van der Waals surface area contributed by atoms with Crippen molar-refractivity contribution in [1.29, 1.82) is 0 Å². The van der Waals surface area contributed by atoms with E-state index in [2.05, 4.69) is 5.32 Å². The maximum Gasteiger partial charge on any atom is 0.229 e. The summed E-state index contributed by atoms with van der Waals surface area (Å²) < 4.78 is 5.22. The van der Waals surface area contributed by atoms with Gasteiger partial charge in [0.1, 0.15) is 5.75 Å². The van der Waals surface area contributed by atoms with Gasteiger partial charge in [-0.2, -0.15) is 0 Å². The molecule has 0 saturated carbocycles. The van der Waals surface area contributed by atoms with Crippen molar-refractivity contribution in [1.82, 2.24) is 0 Å². The first-order valence-electron chi connectivity index (χ1n) is 6.11. The molecule has 1 atom stereocenters. The Hall–Kier alpha value is -1.55. The van der Waals surface area contributed by atoms with Gasteiger partial charge in [0.15, 0.2) is 0 Å². The van der Waals surface area contributed by atoms with Crippen LogP contribution in [0.3, 0.4) is 0 Å². The fraction of sp³-hybridized carbons (Fsp3) is 0.500. The number of hydrogen-bond donors (Lipinski definition) is 2. The van der Waals surface area contributed by atoms with Gasteiger partial charge in [-0.3, -0.25) is 4.79 Å². The molecule has 0 radical (unpaired) electrons. The van der Waals surface area contributed by atoms with Gasteiger partial charge in [0.2, 0.25) is 5.91 Å². The van der Waals surface area contributed by atoms with Crippen LogP contribution in [-0.4, -0.2) is 24.7 Å². The highest BCUT2D eigenvalue weighted by Crippen LogP contribution is 2.27. The van der Waals surface area contributed by atoms with Gasteiger partial charge < -0.3 is 15.2 Å². The second kappa shape index (κ2) is 6.40. The van der Waals surface area contributed by atoms with E-state index in [1.54, 1.807) is 7.11 Å². The van der Waals surface area contributed by atoms with Crippen molar-refractivity contribution in [3.8, 4) is 5.75 Å². The van der Waals surface area contributed by atoms with Gasteiger partial charge in [0, 0.05) is 5.69 Å². The summed E-state index contributed by atoms with van der Waals surface area (Å²) in [7, 11) is 1.62. The molecule has 0 aliphatic heterocycles. The van der Waals surface area contributed by atoms with Crippen LogP contribution in [0.25, 0.3) is 0 Å². The molecule has 4 nitrogen and oxygen atoms in total. The van der Waals surface area contributed by atoms with E-state index in [1.165, 1.54) is 0 Å². The number of rotatable bonds is 5. The Kier molecular flexibility index (Phi) is 5.16. The largest absolute Gasteiger partial charge is 0.496 e. The van der Waals surface area contributed by atoms with Gasteiger partial charge in [0.05, 0.1) is 19.6 Å². The van der Waals surface area contributed by atoms with Crippen LogP contribution >= 0.6 is 0 Å². The summed E-state index contributed by atoms with van der Waals surface area (Å²) in [6.45, 7) is 5.64. The number of carbonyl (C=O) groups excluding carboxylic acids is 1. The molecule has 0 aliphatic rings. The monoisotopic (exact) mass is 251 g/mol. The summed E-state index contributed by atoms with van der Waals surface area (Å²) >= 11 is 0. The number of aliphatic hydroxyl groups is 1. The number of benzene rings is 1. The molecule has 0 fully saturated rings. The fourth-order valence-electron chi connectivity index (χ4n) is 1.78. The van der Waals surface area contributed by atoms with Crippen LogP contribution < -0.4 is 10.1 Å². The first-order chi connectivity index (χ1) is 8.54. The van der Waals surface area contributed by atoms with E-state index >= 15 is 0 Å². The summed E-state index contributed by atoms with van der Waals surface area (Å²) in [5, 5.41) is 11.9. The number of methoxy groups -OCH3 is 1. The van der Waals surface area contributed by atoms with Crippen LogP contribution in [0.2, 0.25) is 0 Å². The van der Waals surface area contributed by atoms with Crippen molar-refractivity contribution in [2.45, 2.75) is 27.2 Å². The van der Waals surface area contributed by atoms with Crippen molar-refractivity contribution in [3.63, 3.8) is 0 Å². The number of aliphatic hydroxyl groups excluding tert-OH is 1. The molecular weight excluding hydrogens is 230 g/mol. The van der Waals surface area contributed by atoms with Crippen LogP contribution in [-0.2, 0) is 4.79 Å². The number of amides is 1. The lowest BCUT2D eigenvalue weighted by molar-refractivity contribution is -0.121. The predicted molar refractivity (Wildman–Crippen MR) is 72.0 cm³/mol. The number of nitrogens with one attached hydrogen (secondary N) is 1. The summed E-state index contributed by atoms with van der Waals surface area (Å²) in [5.41, 5.74) is 2.76. The van der Waals surface area contributed by atoms with E-state index in [1.807, 2.05) is 32.9 Å². The van der Waals surface area contributed by atoms with Crippen LogP contribution in [0.15, 0.2) is 12.1 Å². The molecule has 0 spiro atoms. The van der Waals surface area contributed by atoms with E-state index in [9.17, 15) is 4.79 Å². The third kappa shape index (κ3) is 3.01. The maximum atomic E-state index is 11.9. The van der Waals surface area contributed by atoms with Gasteiger partial charge in [-0.25, -0.2) is 0 Å². The van der Waals surface area contributed by atoms with Crippen LogP contribution in [0.1, 0.15) is 24.5 Å². The van der Waals surface area contributed by atoms with Crippen molar-refractivity contribution >= 4 is 11.6 Å². The van der Waals surface area contributed by atoms with Gasteiger partial charge in [0.25, 0.3) is 0 Å². The molecule has 2 N–H and O–H groups in total. The molecule has 0 heterocycles. The van der Waals surface area contributed by atoms with Gasteiger partial charge in [-0.1, -0.05) is 6.92 Å². The molecule has 0 bridgehead atoms. The molecule has 18 heavy (non-hydrogen) atoms. The first kappa shape index (κ1) is 14.5. The Balaban J connectivity index is 2.92. The standard InChI is InChI=1S/C14H21NO3/c1-5-11(8-16)14(17)15-12-6-7-13(18-4)10(3)9(12)2/h6-7,11,16H,5,8H2,1-4H3,(H,15,17). The third-order valence-electron chi connectivity index (χ3n) is 3.30. The Labute approximate surface area is 108 Å². The molecule has 0 aromatic heterocycles. The molecule has 1 amide bonds. The molecule has 1 aromatic carbocycles. The topological polar surface area (TPSA) is 58.6 Å². The molecule has 0 saturated heterocycles. The number of hydrogen-bond acceptors (Lipinski definition) is 3. The van der Waals surface area contributed by atoms with Crippen LogP contribution in [0.5, 0.6) is 5.75 Å². The SMILES string of the molecule is CCC(CO)C(=O)Nc1ccc(OC)c(C)c1C. The van der Waals surface area contributed by atoms with Crippen molar-refractivity contribution in [3.05, 3.63) is 23.3 Å². The molecule has 100 valence electrons. The molecule has 1 rings (SSSR count). The Morgan fingerprint density at radius 3 is 2.56 bits per heavy atom. The summed E-state index contributed by atoms with van der Waals surface area (Å²) in [5.74, 6) is 0.305. The zero-order chi connectivity index (χ0) is 13.7. The lowest BCUT2D eigenvalue weighted by atomic mass is 10.0. The smallest absolute Gasteiger partial charge is 0.229 e. The number of carbonyl (C=O) groups is 1. The average molecular weight is 251 g/mol. The fourth-order valence-corrected chi connectivity index (χ4v) is 1.78. The van der Waals surface area contributed by atoms with E-state index in [4.69, 9.17) is 9.84 Å². The van der Waals surface area contributed by atoms with Crippen molar-refractivity contribution < 1.29 is 14.6 Å². The molecular formula is C14H21NO3. The van der Waals surface area contributed by atoms with Gasteiger partial charge in [-0.15, -0.1) is 0 Å². The van der Waals surface area contributed by atoms with Gasteiger partial charge in [-0.05, 0) is 43.5 Å². The molecule has 4 heteroatoms. The molecule has 1 unspecified atom stereocenters. The summed E-state index contributed by atoms with van der Waals surface area (Å²) in [6, 6.07) is 3.65. The van der Waals surface area contributed by atoms with E-state index < -0.39 is 0 Å². The quantitative estimate of drug-likeness (QED) is 0.844. The third-order valence-corrected chi connectivity index (χ3v) is 3.30. The lowest BCUT2D eigenvalue weighted by Gasteiger charge is -2.16. The van der Waals surface area contributed by atoms with E-state index in [-0.39, 0.29) is 18.4 Å². The zero-order valence-corrected chi connectivity index (χ0v) is 11.4. The van der Waals surface area contributed by atoms with E-state index in [0.717, 1.165) is 22.6 Å². The van der Waals surface area contributed by atoms with Crippen molar-refractivity contribution in [2.24, 2.45) is 5.92 Å². The maximum absolute atomic E-state index is 11.9. The molecule has 0 aliphatic carbocycles. The normalized spacial score (nSPS) is 12.1. The minimum Gasteiger partial charge on any atom is -0.496 e. The minimum atomic E-state index is -0.355. The highest BCUT2D eigenvalue weighted by Gasteiger charge is 2.16. The number of anilines is 1. The van der Waals surface area contributed by atoms with Crippen molar-refractivity contribution in [2.75, 3.05) is 19.0 Å². The van der Waals surface area contributed by atoms with Crippen LogP contribution in [0.4, 0.5) is 5.69 Å². The Bertz CT molecular complexity index is 425. The minimum absolute atomic E-state index is 0.128.